The lowest BCUT2D eigenvalue weighted by atomic mass is 10.1. The Bertz CT molecular complexity index is 1300. The number of aromatic nitrogens is 4. The van der Waals surface area contributed by atoms with Gasteiger partial charge in [0, 0.05) is 16.1 Å². The van der Waals surface area contributed by atoms with E-state index in [4.69, 9.17) is 25.5 Å². The molecule has 0 unspecified atom stereocenters. The summed E-state index contributed by atoms with van der Waals surface area (Å²) in [6.45, 7) is 4.18. The number of thioether (sulfide) groups is 1. The first-order chi connectivity index (χ1) is 17.4. The number of thiazole rings is 1. The van der Waals surface area contributed by atoms with Crippen LogP contribution in [0.2, 0.25) is 5.02 Å². The molecule has 0 saturated carbocycles. The summed E-state index contributed by atoms with van der Waals surface area (Å²) in [4.78, 5) is 30.1. The van der Waals surface area contributed by atoms with Crippen LogP contribution in [0, 0.1) is 6.92 Å². The smallest absolute Gasteiger partial charge is 0.323 e. The molecule has 3 heterocycles. The van der Waals surface area contributed by atoms with Crippen LogP contribution in [0.5, 0.6) is 5.75 Å². The Morgan fingerprint density at radius 1 is 1.22 bits per heavy atom. The Morgan fingerprint density at radius 2 is 2.03 bits per heavy atom. The van der Waals surface area contributed by atoms with E-state index in [0.29, 0.717) is 39.1 Å². The number of carbonyl (C=O) groups excluding carboxylic acids is 2. The molecule has 0 fully saturated rings. The highest BCUT2D eigenvalue weighted by Crippen LogP contribution is 2.27. The topological polar surface area (TPSA) is 109 Å². The highest BCUT2D eigenvalue weighted by molar-refractivity contribution is 7.99. The number of ether oxygens (including phenoxy) is 2. The van der Waals surface area contributed by atoms with Gasteiger partial charge in [0.1, 0.15) is 23.1 Å². The number of hydrogen-bond donors (Lipinski definition) is 0. The van der Waals surface area contributed by atoms with E-state index in [1.54, 1.807) is 48.9 Å². The molecule has 0 aliphatic heterocycles. The van der Waals surface area contributed by atoms with E-state index in [-0.39, 0.29) is 24.7 Å². The van der Waals surface area contributed by atoms with Gasteiger partial charge in [0.15, 0.2) is 22.7 Å². The second-order valence-electron chi connectivity index (χ2n) is 7.57. The van der Waals surface area contributed by atoms with E-state index in [2.05, 4.69) is 15.2 Å². The maximum atomic E-state index is 13.1. The standard InChI is InChI=1S/C24H23ClN4O5S2/c1-3-32-23(31)21(22-26-15(2)13-35-22)19(30)14-36-24-28-27-20(29(24)11-18-5-4-10-33-18)12-34-17-8-6-16(25)7-9-17/h4-10,13,21H,3,11-12,14H2,1-2H3/t21-/m1/s1. The third-order valence-electron chi connectivity index (χ3n) is 4.94. The highest BCUT2D eigenvalue weighted by atomic mass is 35.5. The van der Waals surface area contributed by atoms with Crippen LogP contribution in [-0.2, 0) is 27.5 Å². The van der Waals surface area contributed by atoms with Crippen LogP contribution < -0.4 is 4.74 Å². The minimum Gasteiger partial charge on any atom is -0.486 e. The predicted octanol–water partition coefficient (Wildman–Crippen LogP) is 4.92. The average molecular weight is 547 g/mol. The molecular weight excluding hydrogens is 524 g/mol. The lowest BCUT2D eigenvalue weighted by Crippen LogP contribution is -2.26. The van der Waals surface area contributed by atoms with Gasteiger partial charge in [0.25, 0.3) is 0 Å². The number of benzene rings is 1. The Labute approximate surface area is 220 Å². The Kier molecular flexibility index (Phi) is 8.79. The van der Waals surface area contributed by atoms with Crippen LogP contribution in [0.3, 0.4) is 0 Å². The first-order valence-electron chi connectivity index (χ1n) is 11.0. The minimum atomic E-state index is -1.08. The third-order valence-corrected chi connectivity index (χ3v) is 7.21. The number of Topliss-reactive ketones (excluding diaryl/α,β-unsaturated/α-hetero) is 1. The average Bonchev–Trinajstić information content (AvgIpc) is 3.61. The van der Waals surface area contributed by atoms with Crippen molar-refractivity contribution in [1.29, 1.82) is 0 Å². The van der Waals surface area contributed by atoms with Crippen LogP contribution in [-0.4, -0.2) is 43.9 Å². The van der Waals surface area contributed by atoms with Gasteiger partial charge in [-0.3, -0.25) is 14.2 Å². The summed E-state index contributed by atoms with van der Waals surface area (Å²) < 4.78 is 18.3. The number of ketones is 1. The monoisotopic (exact) mass is 546 g/mol. The summed E-state index contributed by atoms with van der Waals surface area (Å²) in [5.74, 6) is -0.146. The second-order valence-corrected chi connectivity index (χ2v) is 9.84. The van der Waals surface area contributed by atoms with Crippen LogP contribution in [0.4, 0.5) is 0 Å². The van der Waals surface area contributed by atoms with Gasteiger partial charge in [0.2, 0.25) is 0 Å². The molecule has 0 spiro atoms. The van der Waals surface area contributed by atoms with Crippen molar-refractivity contribution < 1.29 is 23.5 Å². The minimum absolute atomic E-state index is 0.0174. The number of esters is 1. The Morgan fingerprint density at radius 3 is 2.69 bits per heavy atom. The van der Waals surface area contributed by atoms with Gasteiger partial charge >= 0.3 is 5.97 Å². The molecule has 4 rings (SSSR count). The van der Waals surface area contributed by atoms with Gasteiger partial charge in [-0.1, -0.05) is 23.4 Å². The van der Waals surface area contributed by atoms with Crippen LogP contribution in [0.25, 0.3) is 0 Å². The summed E-state index contributed by atoms with van der Waals surface area (Å²) in [6.07, 6.45) is 1.58. The molecule has 1 aromatic carbocycles. The van der Waals surface area contributed by atoms with Gasteiger partial charge in [-0.25, -0.2) is 4.98 Å². The molecule has 4 aromatic rings. The molecule has 188 valence electrons. The van der Waals surface area contributed by atoms with E-state index in [0.717, 1.165) is 5.69 Å². The number of aryl methyl sites for hydroxylation is 1. The molecule has 0 aliphatic rings. The van der Waals surface area contributed by atoms with Crippen molar-refractivity contribution >= 4 is 46.5 Å². The van der Waals surface area contributed by atoms with Gasteiger partial charge < -0.3 is 13.9 Å². The molecule has 12 heteroatoms. The summed E-state index contributed by atoms with van der Waals surface area (Å²) in [6, 6.07) is 10.6. The van der Waals surface area contributed by atoms with Crippen LogP contribution in [0.1, 0.15) is 35.1 Å². The van der Waals surface area contributed by atoms with Crippen molar-refractivity contribution in [3.63, 3.8) is 0 Å². The SMILES string of the molecule is CCOC(=O)[C@H](C(=O)CSc1nnc(COc2ccc(Cl)cc2)n1Cc1ccco1)c1nc(C)cs1. The molecule has 3 aromatic heterocycles. The number of furan rings is 1. The van der Waals surface area contributed by atoms with Gasteiger partial charge in [-0.15, -0.1) is 21.5 Å². The summed E-state index contributed by atoms with van der Waals surface area (Å²) in [5, 5.41) is 11.9. The van der Waals surface area contributed by atoms with Crippen molar-refractivity contribution in [2.45, 2.75) is 38.1 Å². The van der Waals surface area contributed by atoms with Crippen LogP contribution in [0.15, 0.2) is 57.6 Å². The Balaban J connectivity index is 1.51. The maximum Gasteiger partial charge on any atom is 0.323 e. The Hall–Kier alpha value is -3.15. The zero-order valence-electron chi connectivity index (χ0n) is 19.5. The molecule has 0 bridgehead atoms. The molecule has 0 saturated heterocycles. The summed E-state index contributed by atoms with van der Waals surface area (Å²) in [7, 11) is 0. The largest absolute Gasteiger partial charge is 0.486 e. The molecule has 0 amide bonds. The number of halogens is 1. The van der Waals surface area contributed by atoms with Crippen LogP contribution >= 0.6 is 34.7 Å². The molecule has 0 radical (unpaired) electrons. The van der Waals surface area contributed by atoms with Crippen molar-refractivity contribution in [2.75, 3.05) is 12.4 Å². The van der Waals surface area contributed by atoms with Crippen molar-refractivity contribution in [1.82, 2.24) is 19.7 Å². The highest BCUT2D eigenvalue weighted by Gasteiger charge is 2.33. The van der Waals surface area contributed by atoms with Crippen molar-refractivity contribution in [2.24, 2.45) is 0 Å². The molecule has 0 N–H and O–H groups in total. The predicted molar refractivity (Wildman–Crippen MR) is 136 cm³/mol. The normalized spacial score (nSPS) is 11.9. The van der Waals surface area contributed by atoms with Gasteiger partial charge in [-0.05, 0) is 50.2 Å². The van der Waals surface area contributed by atoms with Gasteiger partial charge in [0.05, 0.1) is 25.2 Å². The molecule has 0 aliphatic carbocycles. The summed E-state index contributed by atoms with van der Waals surface area (Å²) in [5.41, 5.74) is 0.744. The number of hydrogen-bond acceptors (Lipinski definition) is 10. The fourth-order valence-electron chi connectivity index (χ4n) is 3.25. The van der Waals surface area contributed by atoms with E-state index in [1.807, 2.05) is 17.6 Å². The molecular formula is C24H23ClN4O5S2. The zero-order valence-corrected chi connectivity index (χ0v) is 21.9. The zero-order chi connectivity index (χ0) is 25.5. The summed E-state index contributed by atoms with van der Waals surface area (Å²) >= 11 is 8.39. The third kappa shape index (κ3) is 6.54. The van der Waals surface area contributed by atoms with Gasteiger partial charge in [-0.2, -0.15) is 0 Å². The first-order valence-corrected chi connectivity index (χ1v) is 13.3. The molecule has 9 nitrogen and oxygen atoms in total. The maximum absolute atomic E-state index is 13.1. The lowest BCUT2D eigenvalue weighted by molar-refractivity contribution is -0.147. The fraction of sp³-hybridized carbons (Fsp3) is 0.292. The molecule has 36 heavy (non-hydrogen) atoms. The molecule has 1 atom stereocenters. The van der Waals surface area contributed by atoms with E-state index < -0.39 is 11.9 Å². The van der Waals surface area contributed by atoms with E-state index in [1.165, 1.54) is 23.1 Å². The first kappa shape index (κ1) is 25.9. The quantitative estimate of drug-likeness (QED) is 0.139. The van der Waals surface area contributed by atoms with Crippen molar-refractivity contribution in [3.05, 3.63) is 75.4 Å². The number of nitrogens with zero attached hydrogens (tertiary/aromatic N) is 4. The fourth-order valence-corrected chi connectivity index (χ4v) is 5.14. The lowest BCUT2D eigenvalue weighted by Gasteiger charge is -2.13. The second kappa shape index (κ2) is 12.2. The number of carbonyl (C=O) groups is 2. The van der Waals surface area contributed by atoms with Crippen molar-refractivity contribution in [3.8, 4) is 5.75 Å². The number of rotatable bonds is 12. The van der Waals surface area contributed by atoms with E-state index >= 15 is 0 Å². The van der Waals surface area contributed by atoms with E-state index in [9.17, 15) is 9.59 Å².